The van der Waals surface area contributed by atoms with Crippen LogP contribution in [0.25, 0.3) is 6.08 Å². The van der Waals surface area contributed by atoms with E-state index in [0.717, 1.165) is 0 Å². The number of hydrogen-bond donors (Lipinski definition) is 2. The lowest BCUT2D eigenvalue weighted by molar-refractivity contribution is -0.0457. The summed E-state index contributed by atoms with van der Waals surface area (Å²) in [6, 6.07) is 0. The van der Waals surface area contributed by atoms with Gasteiger partial charge in [-0.25, -0.2) is 19.6 Å². The molecule has 2 aliphatic heterocycles. The van der Waals surface area contributed by atoms with Crippen LogP contribution in [-0.2, 0) is 25.4 Å². The second kappa shape index (κ2) is 20.2. The molecule has 0 saturated carbocycles. The zero-order valence-electron chi connectivity index (χ0n) is 32.6. The Balaban J connectivity index is 1.56. The summed E-state index contributed by atoms with van der Waals surface area (Å²) in [7, 11) is 1.56. The molecule has 4 heterocycles. The maximum absolute atomic E-state index is 13.2. The number of carbonyl (C=O) groups is 2. The molecule has 1 saturated heterocycles. The molecule has 12 nitrogen and oxygen atoms in total. The molecule has 2 aliphatic rings. The molecule has 2 N–H and O–H groups in total. The van der Waals surface area contributed by atoms with Crippen LogP contribution < -0.4 is 0 Å². The summed E-state index contributed by atoms with van der Waals surface area (Å²) < 4.78 is 34.1. The van der Waals surface area contributed by atoms with Crippen LogP contribution >= 0.6 is 0 Å². The molecular weight excluding hydrogens is 704 g/mol. The summed E-state index contributed by atoms with van der Waals surface area (Å²) in [4.78, 5) is 35.0. The first-order valence-electron chi connectivity index (χ1n) is 18.4. The van der Waals surface area contributed by atoms with Crippen LogP contribution in [0.4, 0.5) is 0 Å². The van der Waals surface area contributed by atoms with Crippen LogP contribution in [-0.4, -0.2) is 82.0 Å². The van der Waals surface area contributed by atoms with E-state index in [-0.39, 0.29) is 35.9 Å². The minimum absolute atomic E-state index is 0.00918. The quantitative estimate of drug-likeness (QED) is 0.178. The number of ether oxygens (including phenoxy) is 4. The van der Waals surface area contributed by atoms with Crippen molar-refractivity contribution in [1.82, 2.24) is 9.97 Å². The average molecular weight is 759 g/mol. The van der Waals surface area contributed by atoms with Gasteiger partial charge in [0, 0.05) is 30.4 Å². The van der Waals surface area contributed by atoms with Crippen LogP contribution in [0.1, 0.15) is 87.1 Å². The summed E-state index contributed by atoms with van der Waals surface area (Å²) in [5, 5.41) is 22.1. The zero-order valence-corrected chi connectivity index (χ0v) is 32.6. The fourth-order valence-corrected chi connectivity index (χ4v) is 5.65. The molecule has 0 amide bonds. The summed E-state index contributed by atoms with van der Waals surface area (Å²) in [5.41, 5.74) is -1.66. The molecule has 7 unspecified atom stereocenters. The van der Waals surface area contributed by atoms with E-state index in [1.807, 2.05) is 96.2 Å². The highest BCUT2D eigenvalue weighted by atomic mass is 16.6. The Morgan fingerprint density at radius 1 is 0.873 bits per heavy atom. The number of allylic oxidation sites excluding steroid dienone is 8. The Labute approximate surface area is 323 Å². The van der Waals surface area contributed by atoms with Crippen LogP contribution in [0.2, 0.25) is 0 Å². The van der Waals surface area contributed by atoms with Crippen molar-refractivity contribution in [3.05, 3.63) is 127 Å². The van der Waals surface area contributed by atoms with Crippen LogP contribution in [0.3, 0.4) is 0 Å². The van der Waals surface area contributed by atoms with Gasteiger partial charge in [0.25, 0.3) is 0 Å². The Morgan fingerprint density at radius 3 is 2.31 bits per heavy atom. The van der Waals surface area contributed by atoms with Crippen molar-refractivity contribution in [3.63, 3.8) is 0 Å². The number of cyclic esters (lactones) is 2. The van der Waals surface area contributed by atoms with Gasteiger partial charge in [-0.15, -0.1) is 0 Å². The smallest absolute Gasteiger partial charge is 0.360 e. The average Bonchev–Trinajstić information content (AvgIpc) is 3.47. The van der Waals surface area contributed by atoms with Crippen molar-refractivity contribution >= 4 is 18.0 Å². The van der Waals surface area contributed by atoms with Gasteiger partial charge in [-0.1, -0.05) is 113 Å². The van der Waals surface area contributed by atoms with E-state index in [1.54, 1.807) is 49.6 Å². The number of carbonyl (C=O) groups excluding carboxylic acids is 2. The number of oxazole rings is 2. The third-order valence-corrected chi connectivity index (χ3v) is 9.62. The van der Waals surface area contributed by atoms with Crippen molar-refractivity contribution in [3.8, 4) is 0 Å². The van der Waals surface area contributed by atoms with Gasteiger partial charge in [0.15, 0.2) is 17.3 Å². The first kappa shape index (κ1) is 42.9. The highest BCUT2D eigenvalue weighted by molar-refractivity contribution is 5.87. The SMILES string of the molecule is C/C=C/C(O)C(C)(C)C1CC=CC=CC=CC(OC)Cc2nc(co2)C(=O)OC(/C=C/C)C(C)(C)C(O)CC=CC2OC2C=CC=Cc2nc(co2)C(=O)O1. The van der Waals surface area contributed by atoms with Crippen LogP contribution in [0.15, 0.2) is 113 Å². The predicted octanol–water partition coefficient (Wildman–Crippen LogP) is 7.25. The lowest BCUT2D eigenvalue weighted by Crippen LogP contribution is -2.42. The second-order valence-corrected chi connectivity index (χ2v) is 14.5. The van der Waals surface area contributed by atoms with E-state index in [2.05, 4.69) is 9.97 Å². The Kier molecular flexibility index (Phi) is 15.7. The van der Waals surface area contributed by atoms with Gasteiger partial charge >= 0.3 is 11.9 Å². The van der Waals surface area contributed by atoms with E-state index in [4.69, 9.17) is 27.8 Å². The minimum Gasteiger partial charge on any atom is -0.457 e. The van der Waals surface area contributed by atoms with Gasteiger partial charge in [-0.3, -0.25) is 0 Å². The Hall–Kier alpha value is -4.88. The van der Waals surface area contributed by atoms with Gasteiger partial charge < -0.3 is 38.0 Å². The molecule has 4 rings (SSSR count). The normalized spacial score (nSPS) is 26.6. The molecule has 4 bridgehead atoms. The zero-order chi connectivity index (χ0) is 40.0. The fourth-order valence-electron chi connectivity index (χ4n) is 5.65. The number of epoxide rings is 1. The molecule has 0 aliphatic carbocycles. The first-order chi connectivity index (χ1) is 26.3. The molecule has 55 heavy (non-hydrogen) atoms. The van der Waals surface area contributed by atoms with E-state index in [9.17, 15) is 19.8 Å². The molecule has 0 spiro atoms. The number of esters is 2. The highest BCUT2D eigenvalue weighted by Gasteiger charge is 2.39. The number of nitrogens with zero attached hydrogens (tertiary/aromatic N) is 2. The molecule has 0 radical (unpaired) electrons. The largest absolute Gasteiger partial charge is 0.457 e. The lowest BCUT2D eigenvalue weighted by atomic mass is 9.79. The van der Waals surface area contributed by atoms with Crippen LogP contribution in [0, 0.1) is 10.8 Å². The monoisotopic (exact) mass is 758 g/mol. The number of aliphatic hydroxyl groups excluding tert-OH is 2. The lowest BCUT2D eigenvalue weighted by Gasteiger charge is -2.36. The minimum atomic E-state index is -0.877. The number of aliphatic hydroxyl groups is 2. The molecule has 1 fully saturated rings. The summed E-state index contributed by atoms with van der Waals surface area (Å²) in [6.07, 6.45) is 28.1. The van der Waals surface area contributed by atoms with Gasteiger partial charge in [0.1, 0.15) is 36.9 Å². The number of rotatable bonds is 5. The van der Waals surface area contributed by atoms with Crippen molar-refractivity contribution in [2.45, 2.75) is 104 Å². The molecule has 0 aromatic carbocycles. The summed E-state index contributed by atoms with van der Waals surface area (Å²) in [5.74, 6) is -0.830. The van der Waals surface area contributed by atoms with Gasteiger partial charge in [-0.2, -0.15) is 0 Å². The predicted molar refractivity (Wildman–Crippen MR) is 208 cm³/mol. The van der Waals surface area contributed by atoms with E-state index >= 15 is 0 Å². The van der Waals surface area contributed by atoms with Crippen LogP contribution in [0.5, 0.6) is 0 Å². The highest BCUT2D eigenvalue weighted by Crippen LogP contribution is 2.34. The van der Waals surface area contributed by atoms with Gasteiger partial charge in [0.2, 0.25) is 5.89 Å². The maximum Gasteiger partial charge on any atom is 0.360 e. The van der Waals surface area contributed by atoms with Crippen molar-refractivity contribution in [2.75, 3.05) is 7.11 Å². The second-order valence-electron chi connectivity index (χ2n) is 14.5. The number of methoxy groups -OCH3 is 1. The molecule has 2 aromatic rings. The third kappa shape index (κ3) is 12.3. The van der Waals surface area contributed by atoms with Gasteiger partial charge in [0.05, 0.1) is 24.7 Å². The van der Waals surface area contributed by atoms with Gasteiger partial charge in [-0.05, 0) is 26.3 Å². The van der Waals surface area contributed by atoms with Crippen molar-refractivity contribution < 1.29 is 47.6 Å². The Morgan fingerprint density at radius 2 is 1.56 bits per heavy atom. The first-order valence-corrected chi connectivity index (χ1v) is 18.4. The molecule has 2 aromatic heterocycles. The molecule has 296 valence electrons. The van der Waals surface area contributed by atoms with Crippen molar-refractivity contribution in [2.24, 2.45) is 10.8 Å². The summed E-state index contributed by atoms with van der Waals surface area (Å²) in [6.45, 7) is 11.0. The van der Waals surface area contributed by atoms with Crippen molar-refractivity contribution in [1.29, 1.82) is 0 Å². The maximum atomic E-state index is 13.2. The molecule has 12 heteroatoms. The number of aromatic nitrogens is 2. The Bertz CT molecular complexity index is 1800. The third-order valence-electron chi connectivity index (χ3n) is 9.62. The number of fused-ring (bicyclic) bond motifs is 5. The standard InChI is InChI=1S/C43H54N2O10/c1-8-18-34(46)42(3,4)37-24-14-12-10-11-13-20-29(50-7)26-39-45-31(28-52-39)41(49)54-36(19-9-2)43(5,6)35(47)23-17-22-33-32(53-33)21-15-16-25-38-44-30(27-51-38)40(48)55-37/h8-22,25,27-29,32-37,46-47H,23-24,26H2,1-7H3/b11-10?,14-12?,18-8+,19-9+,20-13?,21-15?,22-17?,25-16?. The van der Waals surface area contributed by atoms with E-state index in [1.165, 1.54) is 12.5 Å². The topological polar surface area (TPSA) is 167 Å². The molecular formula is C43H54N2O10. The fraction of sp³-hybridized carbons (Fsp3) is 0.442. The molecule has 7 atom stereocenters. The van der Waals surface area contributed by atoms with E-state index in [0.29, 0.717) is 18.7 Å². The van der Waals surface area contributed by atoms with E-state index < -0.39 is 53.3 Å². The summed E-state index contributed by atoms with van der Waals surface area (Å²) >= 11 is 0. The number of hydrogen-bond acceptors (Lipinski definition) is 12.